The van der Waals surface area contributed by atoms with Crippen molar-refractivity contribution in [2.75, 3.05) is 0 Å². The Balaban J connectivity index is 3.77. The maximum absolute atomic E-state index is 8.74. The Labute approximate surface area is 67.7 Å². The third-order valence-electron chi connectivity index (χ3n) is 2.11. The van der Waals surface area contributed by atoms with Crippen LogP contribution in [0.15, 0.2) is 0 Å². The minimum atomic E-state index is -2.51. The van der Waals surface area contributed by atoms with Gasteiger partial charge < -0.3 is 15.3 Å². The minimum Gasteiger partial charge on any atom is -0.343 e. The molecule has 0 rings (SSSR count). The zero-order valence-corrected chi connectivity index (χ0v) is 7.41. The zero-order chi connectivity index (χ0) is 9.07. The molecule has 3 nitrogen and oxygen atoms in total. The van der Waals surface area contributed by atoms with Gasteiger partial charge in [0, 0.05) is 5.92 Å². The SMILES string of the molecule is CCC(C)CC(C)C(O)(O)O. The lowest BCUT2D eigenvalue weighted by atomic mass is 9.94. The van der Waals surface area contributed by atoms with Gasteiger partial charge in [-0.3, -0.25) is 0 Å². The smallest absolute Gasteiger partial charge is 0.277 e. The molecule has 0 amide bonds. The van der Waals surface area contributed by atoms with Crippen LogP contribution >= 0.6 is 0 Å². The predicted octanol–water partition coefficient (Wildman–Crippen LogP) is 0.689. The van der Waals surface area contributed by atoms with Crippen molar-refractivity contribution in [1.82, 2.24) is 0 Å². The van der Waals surface area contributed by atoms with Crippen LogP contribution in [0.1, 0.15) is 33.6 Å². The van der Waals surface area contributed by atoms with Crippen LogP contribution in [0.4, 0.5) is 0 Å². The van der Waals surface area contributed by atoms with Gasteiger partial charge in [-0.1, -0.05) is 27.2 Å². The van der Waals surface area contributed by atoms with Crippen LogP contribution in [0.5, 0.6) is 0 Å². The monoisotopic (exact) mass is 162 g/mol. The van der Waals surface area contributed by atoms with E-state index >= 15 is 0 Å². The van der Waals surface area contributed by atoms with E-state index < -0.39 is 11.9 Å². The van der Waals surface area contributed by atoms with E-state index in [1.54, 1.807) is 6.92 Å². The van der Waals surface area contributed by atoms with Crippen molar-refractivity contribution < 1.29 is 15.3 Å². The van der Waals surface area contributed by atoms with Crippen LogP contribution in [0, 0.1) is 11.8 Å². The first-order valence-electron chi connectivity index (χ1n) is 4.05. The summed E-state index contributed by atoms with van der Waals surface area (Å²) in [5, 5.41) is 26.2. The second kappa shape index (κ2) is 4.04. The van der Waals surface area contributed by atoms with E-state index in [9.17, 15) is 0 Å². The minimum absolute atomic E-state index is 0.413. The summed E-state index contributed by atoms with van der Waals surface area (Å²) in [5.74, 6) is -2.59. The molecule has 0 aromatic carbocycles. The molecule has 0 spiro atoms. The molecule has 0 aliphatic heterocycles. The second-order valence-corrected chi connectivity index (χ2v) is 3.34. The molecule has 0 aliphatic carbocycles. The van der Waals surface area contributed by atoms with Crippen LogP contribution < -0.4 is 0 Å². The van der Waals surface area contributed by atoms with E-state index in [2.05, 4.69) is 0 Å². The topological polar surface area (TPSA) is 60.7 Å². The zero-order valence-electron chi connectivity index (χ0n) is 7.41. The summed E-state index contributed by atoms with van der Waals surface area (Å²) < 4.78 is 0. The summed E-state index contributed by atoms with van der Waals surface area (Å²) in [6.07, 6.45) is 1.61. The Bertz CT molecular complexity index is 106. The van der Waals surface area contributed by atoms with E-state index in [0.717, 1.165) is 6.42 Å². The van der Waals surface area contributed by atoms with Gasteiger partial charge in [-0.05, 0) is 12.3 Å². The van der Waals surface area contributed by atoms with E-state index in [0.29, 0.717) is 12.3 Å². The highest BCUT2D eigenvalue weighted by Crippen LogP contribution is 2.21. The molecule has 0 aromatic rings. The van der Waals surface area contributed by atoms with Gasteiger partial charge in [-0.2, -0.15) is 0 Å². The quantitative estimate of drug-likeness (QED) is 0.533. The lowest BCUT2D eigenvalue weighted by Gasteiger charge is -2.24. The molecule has 0 saturated heterocycles. The van der Waals surface area contributed by atoms with Gasteiger partial charge >= 0.3 is 0 Å². The highest BCUT2D eigenvalue weighted by Gasteiger charge is 2.28. The second-order valence-electron chi connectivity index (χ2n) is 3.34. The molecule has 2 unspecified atom stereocenters. The molecule has 2 atom stereocenters. The summed E-state index contributed by atoms with van der Waals surface area (Å²) >= 11 is 0. The van der Waals surface area contributed by atoms with Crippen molar-refractivity contribution in [3.05, 3.63) is 0 Å². The van der Waals surface area contributed by atoms with Crippen molar-refractivity contribution in [3.63, 3.8) is 0 Å². The molecule has 3 N–H and O–H groups in total. The van der Waals surface area contributed by atoms with Gasteiger partial charge in [0.1, 0.15) is 0 Å². The van der Waals surface area contributed by atoms with Crippen LogP contribution in [0.3, 0.4) is 0 Å². The Morgan fingerprint density at radius 3 is 1.91 bits per heavy atom. The van der Waals surface area contributed by atoms with Crippen molar-refractivity contribution in [2.45, 2.75) is 39.6 Å². The Kier molecular flexibility index (Phi) is 4.00. The van der Waals surface area contributed by atoms with Crippen molar-refractivity contribution in [2.24, 2.45) is 11.8 Å². The van der Waals surface area contributed by atoms with Crippen molar-refractivity contribution >= 4 is 0 Å². The predicted molar refractivity (Wildman–Crippen MR) is 42.6 cm³/mol. The Morgan fingerprint density at radius 2 is 1.64 bits per heavy atom. The average Bonchev–Trinajstić information content (AvgIpc) is 1.85. The molecular formula is C8H18O3. The number of hydrogen-bond acceptors (Lipinski definition) is 3. The first-order chi connectivity index (χ1) is 4.88. The highest BCUT2D eigenvalue weighted by atomic mass is 16.7. The van der Waals surface area contributed by atoms with Gasteiger partial charge in [0.15, 0.2) is 0 Å². The lowest BCUT2D eigenvalue weighted by Crippen LogP contribution is -2.36. The molecule has 0 bridgehead atoms. The largest absolute Gasteiger partial charge is 0.343 e. The van der Waals surface area contributed by atoms with E-state index in [4.69, 9.17) is 15.3 Å². The van der Waals surface area contributed by atoms with Crippen LogP contribution in [-0.2, 0) is 0 Å². The van der Waals surface area contributed by atoms with E-state index in [1.165, 1.54) is 0 Å². The third kappa shape index (κ3) is 4.35. The molecule has 68 valence electrons. The molecule has 0 saturated carbocycles. The Morgan fingerprint density at radius 1 is 1.18 bits per heavy atom. The lowest BCUT2D eigenvalue weighted by molar-refractivity contribution is -0.341. The molecule has 3 heteroatoms. The van der Waals surface area contributed by atoms with Crippen LogP contribution in [-0.4, -0.2) is 21.3 Å². The maximum Gasteiger partial charge on any atom is 0.277 e. The summed E-state index contributed by atoms with van der Waals surface area (Å²) in [6, 6.07) is 0. The van der Waals surface area contributed by atoms with Gasteiger partial charge in [0.05, 0.1) is 0 Å². The van der Waals surface area contributed by atoms with Gasteiger partial charge in [0.25, 0.3) is 5.97 Å². The first kappa shape index (κ1) is 10.9. The van der Waals surface area contributed by atoms with Gasteiger partial charge in [-0.15, -0.1) is 0 Å². The summed E-state index contributed by atoms with van der Waals surface area (Å²) in [5.41, 5.74) is 0. The van der Waals surface area contributed by atoms with Crippen LogP contribution in [0.25, 0.3) is 0 Å². The maximum atomic E-state index is 8.74. The average molecular weight is 162 g/mol. The van der Waals surface area contributed by atoms with Crippen molar-refractivity contribution in [1.29, 1.82) is 0 Å². The fraction of sp³-hybridized carbons (Fsp3) is 1.00. The highest BCUT2D eigenvalue weighted by molar-refractivity contribution is 4.63. The molecule has 0 radical (unpaired) electrons. The number of rotatable bonds is 4. The standard InChI is InChI=1S/C8H18O3/c1-4-6(2)5-7(3)8(9,10)11/h6-7,9-11H,4-5H2,1-3H3. The summed E-state index contributed by atoms with van der Waals surface area (Å²) in [4.78, 5) is 0. The van der Waals surface area contributed by atoms with Crippen molar-refractivity contribution in [3.8, 4) is 0 Å². The third-order valence-corrected chi connectivity index (χ3v) is 2.11. The normalized spacial score (nSPS) is 18.0. The number of hydrogen-bond donors (Lipinski definition) is 3. The molecule has 0 heterocycles. The van der Waals surface area contributed by atoms with E-state index in [-0.39, 0.29) is 0 Å². The van der Waals surface area contributed by atoms with E-state index in [1.807, 2.05) is 13.8 Å². The molecular weight excluding hydrogens is 144 g/mol. The fourth-order valence-corrected chi connectivity index (χ4v) is 0.928. The number of aliphatic hydroxyl groups is 3. The molecule has 0 aromatic heterocycles. The first-order valence-corrected chi connectivity index (χ1v) is 4.05. The van der Waals surface area contributed by atoms with Gasteiger partial charge in [-0.25, -0.2) is 0 Å². The Hall–Kier alpha value is -0.120. The summed E-state index contributed by atoms with van der Waals surface area (Å²) in [7, 11) is 0. The summed E-state index contributed by atoms with van der Waals surface area (Å²) in [6.45, 7) is 5.67. The molecule has 11 heavy (non-hydrogen) atoms. The van der Waals surface area contributed by atoms with Gasteiger partial charge in [0.2, 0.25) is 0 Å². The molecule has 0 aliphatic rings. The molecule has 0 fully saturated rings. The van der Waals surface area contributed by atoms with Crippen LogP contribution in [0.2, 0.25) is 0 Å². The fourth-order valence-electron chi connectivity index (χ4n) is 0.928.